The largest absolute Gasteiger partial charge is 0.326 e. The first-order valence-corrected chi connectivity index (χ1v) is 10.2. The summed E-state index contributed by atoms with van der Waals surface area (Å²) in [5.74, 6) is -0.236. The molecule has 8 heteroatoms. The number of carbonyl (C=O) groups is 1. The molecule has 0 spiro atoms. The van der Waals surface area contributed by atoms with Gasteiger partial charge in [-0.15, -0.1) is 0 Å². The lowest BCUT2D eigenvalue weighted by atomic mass is 10.1. The van der Waals surface area contributed by atoms with Crippen molar-refractivity contribution in [2.24, 2.45) is 5.92 Å². The van der Waals surface area contributed by atoms with Crippen molar-refractivity contribution < 1.29 is 4.79 Å². The molecule has 0 saturated heterocycles. The van der Waals surface area contributed by atoms with E-state index in [4.69, 9.17) is 0 Å². The molecule has 1 aromatic carbocycles. The molecule has 142 valence electrons. The van der Waals surface area contributed by atoms with Crippen LogP contribution in [0.15, 0.2) is 45.6 Å². The second kappa shape index (κ2) is 8.39. The van der Waals surface area contributed by atoms with Crippen LogP contribution in [-0.4, -0.2) is 25.5 Å². The maximum Gasteiger partial charge on any atom is 0.229 e. The van der Waals surface area contributed by atoms with Crippen molar-refractivity contribution in [2.75, 3.05) is 5.32 Å². The van der Waals surface area contributed by atoms with Crippen LogP contribution >= 0.6 is 31.9 Å². The van der Waals surface area contributed by atoms with Crippen molar-refractivity contribution in [3.05, 3.63) is 62.6 Å². The van der Waals surface area contributed by atoms with Gasteiger partial charge in [0.05, 0.1) is 45.5 Å². The van der Waals surface area contributed by atoms with Crippen LogP contribution in [0.3, 0.4) is 0 Å². The Kier molecular flexibility index (Phi) is 6.16. The van der Waals surface area contributed by atoms with Gasteiger partial charge in [0.2, 0.25) is 5.91 Å². The highest BCUT2D eigenvalue weighted by Gasteiger charge is 2.15. The summed E-state index contributed by atoms with van der Waals surface area (Å²) in [6.45, 7) is 7.08. The normalized spacial score (nSPS) is 12.2. The minimum atomic E-state index is -0.201. The highest BCUT2D eigenvalue weighted by Crippen LogP contribution is 2.21. The van der Waals surface area contributed by atoms with E-state index in [-0.39, 0.29) is 11.8 Å². The molecule has 0 aliphatic rings. The van der Waals surface area contributed by atoms with Gasteiger partial charge in [-0.3, -0.25) is 14.2 Å². The van der Waals surface area contributed by atoms with E-state index in [0.29, 0.717) is 13.1 Å². The molecular formula is C19H21Br2N5O. The number of hydrogen-bond acceptors (Lipinski definition) is 3. The minimum Gasteiger partial charge on any atom is -0.326 e. The fourth-order valence-electron chi connectivity index (χ4n) is 2.82. The Bertz CT molecular complexity index is 963. The Morgan fingerprint density at radius 3 is 2.70 bits per heavy atom. The van der Waals surface area contributed by atoms with Gasteiger partial charge in [0, 0.05) is 11.9 Å². The number of hydrogen-bond donors (Lipinski definition) is 1. The molecule has 0 saturated carbocycles. The van der Waals surface area contributed by atoms with Crippen LogP contribution in [-0.2, 0) is 17.9 Å². The summed E-state index contributed by atoms with van der Waals surface area (Å²) in [7, 11) is 0. The number of rotatable bonds is 6. The van der Waals surface area contributed by atoms with E-state index in [1.165, 1.54) is 0 Å². The van der Waals surface area contributed by atoms with Crippen molar-refractivity contribution in [2.45, 2.75) is 33.9 Å². The second-order valence-electron chi connectivity index (χ2n) is 6.61. The lowest BCUT2D eigenvalue weighted by molar-refractivity contribution is -0.119. The Balaban J connectivity index is 1.66. The molecule has 3 rings (SSSR count). The van der Waals surface area contributed by atoms with Gasteiger partial charge in [-0.05, 0) is 63.4 Å². The number of anilines is 1. The number of aromatic nitrogens is 4. The van der Waals surface area contributed by atoms with E-state index >= 15 is 0 Å². The van der Waals surface area contributed by atoms with E-state index < -0.39 is 0 Å². The SMILES string of the molecule is Cc1nn(Cc2cccc(NC(=O)C(C)Cn3cc(Br)cn3)c2)c(C)c1Br. The molecule has 0 radical (unpaired) electrons. The van der Waals surface area contributed by atoms with Crippen molar-refractivity contribution >= 4 is 43.5 Å². The standard InChI is InChI=1S/C19H21Br2N5O/c1-12(9-25-11-16(20)8-22-25)19(27)23-17-6-4-5-15(7-17)10-26-14(3)18(21)13(2)24-26/h4-8,11-12H,9-10H2,1-3H3,(H,23,27). The molecular weight excluding hydrogens is 474 g/mol. The second-order valence-corrected chi connectivity index (χ2v) is 8.32. The molecule has 0 aliphatic carbocycles. The molecule has 3 aromatic rings. The fraction of sp³-hybridized carbons (Fsp3) is 0.316. The zero-order chi connectivity index (χ0) is 19.6. The zero-order valence-electron chi connectivity index (χ0n) is 15.4. The monoisotopic (exact) mass is 493 g/mol. The Morgan fingerprint density at radius 1 is 1.30 bits per heavy atom. The average molecular weight is 495 g/mol. The van der Waals surface area contributed by atoms with Gasteiger partial charge in [-0.1, -0.05) is 19.1 Å². The van der Waals surface area contributed by atoms with Gasteiger partial charge >= 0.3 is 0 Å². The molecule has 2 heterocycles. The van der Waals surface area contributed by atoms with Gasteiger partial charge in [-0.2, -0.15) is 10.2 Å². The molecule has 1 unspecified atom stereocenters. The van der Waals surface area contributed by atoms with E-state index in [1.54, 1.807) is 10.9 Å². The van der Waals surface area contributed by atoms with Crippen LogP contribution in [0.4, 0.5) is 5.69 Å². The highest BCUT2D eigenvalue weighted by molar-refractivity contribution is 9.10. The molecule has 1 atom stereocenters. The first kappa shape index (κ1) is 19.8. The van der Waals surface area contributed by atoms with Crippen molar-refractivity contribution in [3.8, 4) is 0 Å². The summed E-state index contributed by atoms with van der Waals surface area (Å²) >= 11 is 6.92. The van der Waals surface area contributed by atoms with E-state index in [9.17, 15) is 4.79 Å². The van der Waals surface area contributed by atoms with Crippen LogP contribution < -0.4 is 5.32 Å². The molecule has 0 bridgehead atoms. The number of carbonyl (C=O) groups excluding carboxylic acids is 1. The summed E-state index contributed by atoms with van der Waals surface area (Å²) in [6.07, 6.45) is 3.57. The van der Waals surface area contributed by atoms with Crippen LogP contribution in [0.25, 0.3) is 0 Å². The average Bonchev–Trinajstić information content (AvgIpc) is 3.13. The number of halogens is 2. The number of aryl methyl sites for hydroxylation is 1. The van der Waals surface area contributed by atoms with E-state index in [1.807, 2.05) is 55.9 Å². The van der Waals surface area contributed by atoms with Crippen LogP contribution in [0.2, 0.25) is 0 Å². The minimum absolute atomic E-state index is 0.0346. The van der Waals surface area contributed by atoms with Crippen molar-refractivity contribution in [1.82, 2.24) is 19.6 Å². The van der Waals surface area contributed by atoms with Gasteiger partial charge in [0.25, 0.3) is 0 Å². The summed E-state index contributed by atoms with van der Waals surface area (Å²) in [5.41, 5.74) is 3.91. The smallest absolute Gasteiger partial charge is 0.229 e. The van der Waals surface area contributed by atoms with Crippen molar-refractivity contribution in [3.63, 3.8) is 0 Å². The predicted octanol–water partition coefficient (Wildman–Crippen LogP) is 4.54. The first-order chi connectivity index (χ1) is 12.8. The Labute approximate surface area is 175 Å². The Hall–Kier alpha value is -1.93. The van der Waals surface area contributed by atoms with Gasteiger partial charge in [-0.25, -0.2) is 0 Å². The summed E-state index contributed by atoms with van der Waals surface area (Å²) < 4.78 is 5.65. The summed E-state index contributed by atoms with van der Waals surface area (Å²) in [6, 6.07) is 7.86. The maximum atomic E-state index is 12.5. The number of amides is 1. The number of benzene rings is 1. The number of nitrogens with zero attached hydrogens (tertiary/aromatic N) is 4. The lowest BCUT2D eigenvalue weighted by Crippen LogP contribution is -2.24. The molecule has 6 nitrogen and oxygen atoms in total. The molecule has 1 amide bonds. The third-order valence-electron chi connectivity index (χ3n) is 4.33. The molecule has 2 aromatic heterocycles. The summed E-state index contributed by atoms with van der Waals surface area (Å²) in [4.78, 5) is 12.5. The van der Waals surface area contributed by atoms with Crippen molar-refractivity contribution in [1.29, 1.82) is 0 Å². The van der Waals surface area contributed by atoms with Gasteiger partial charge in [0.1, 0.15) is 0 Å². The molecule has 0 aliphatic heterocycles. The quantitative estimate of drug-likeness (QED) is 0.546. The van der Waals surface area contributed by atoms with Gasteiger partial charge in [0.15, 0.2) is 0 Å². The predicted molar refractivity (Wildman–Crippen MR) is 113 cm³/mol. The number of nitrogens with one attached hydrogen (secondary N) is 1. The Morgan fingerprint density at radius 2 is 2.07 bits per heavy atom. The third-order valence-corrected chi connectivity index (χ3v) is 5.89. The lowest BCUT2D eigenvalue weighted by Gasteiger charge is -2.13. The van der Waals surface area contributed by atoms with Gasteiger partial charge < -0.3 is 5.32 Å². The summed E-state index contributed by atoms with van der Waals surface area (Å²) in [5, 5.41) is 11.7. The van der Waals surface area contributed by atoms with Crippen LogP contribution in [0.1, 0.15) is 23.9 Å². The van der Waals surface area contributed by atoms with Crippen LogP contribution in [0.5, 0.6) is 0 Å². The molecule has 0 fully saturated rings. The van der Waals surface area contributed by atoms with E-state index in [2.05, 4.69) is 47.4 Å². The van der Waals surface area contributed by atoms with Crippen LogP contribution in [0, 0.1) is 19.8 Å². The molecule has 27 heavy (non-hydrogen) atoms. The zero-order valence-corrected chi connectivity index (χ0v) is 18.6. The fourth-order valence-corrected chi connectivity index (χ4v) is 3.43. The topological polar surface area (TPSA) is 64.7 Å². The molecule has 1 N–H and O–H groups in total. The maximum absolute atomic E-state index is 12.5. The first-order valence-electron chi connectivity index (χ1n) is 8.60. The van der Waals surface area contributed by atoms with E-state index in [0.717, 1.165) is 31.6 Å². The third kappa shape index (κ3) is 4.87. The highest BCUT2D eigenvalue weighted by atomic mass is 79.9.